The van der Waals surface area contributed by atoms with Crippen LogP contribution in [0.3, 0.4) is 0 Å². The Morgan fingerprint density at radius 2 is 1.91 bits per heavy atom. The van der Waals surface area contributed by atoms with Crippen molar-refractivity contribution in [2.45, 2.75) is 25.4 Å². The molecule has 0 aliphatic carbocycles. The lowest BCUT2D eigenvalue weighted by Crippen LogP contribution is -2.52. The number of likely N-dealkylation sites (tertiary alicyclic amines) is 1. The Kier molecular flexibility index (Phi) is 2.55. The van der Waals surface area contributed by atoms with Crippen LogP contribution in [0.25, 0.3) is 0 Å². The average molecular weight is 299 g/mol. The van der Waals surface area contributed by atoms with Gasteiger partial charge < -0.3 is 5.32 Å². The molecule has 1 spiro atoms. The summed E-state index contributed by atoms with van der Waals surface area (Å²) in [6.07, 6.45) is 0. The topological polar surface area (TPSA) is 78.5 Å². The van der Waals surface area contributed by atoms with Crippen molar-refractivity contribution in [3.05, 3.63) is 29.8 Å². The van der Waals surface area contributed by atoms with Gasteiger partial charge in [0.15, 0.2) is 0 Å². The number of anilines is 1. The Morgan fingerprint density at radius 1 is 1.18 bits per heavy atom. The maximum absolute atomic E-state index is 12.8. The minimum Gasteiger partial charge on any atom is -0.324 e. The van der Waals surface area contributed by atoms with Crippen LogP contribution in [-0.2, 0) is 19.9 Å². The van der Waals surface area contributed by atoms with Gasteiger partial charge in [-0.2, -0.15) is 0 Å². The molecule has 2 saturated heterocycles. The number of fused-ring (bicyclic) bond motifs is 4. The fourth-order valence-electron chi connectivity index (χ4n) is 4.29. The van der Waals surface area contributed by atoms with Crippen molar-refractivity contribution in [3.8, 4) is 0 Å². The molecule has 6 nitrogen and oxygen atoms in total. The molecule has 3 aliphatic heterocycles. The maximum Gasteiger partial charge on any atom is 0.250 e. The minimum absolute atomic E-state index is 0.174. The molecule has 4 rings (SSSR count). The standard InChI is InChI=1S/C16H17N3O3/c1-3-19-13(20)11-8(2)18-16(12(11)14(19)21)9-6-4-5-7-10(9)17-15(16)22/h4-8,11-12,18H,3H2,1-2H3,(H,17,22)/t8-,11+,12+,16-/m0/s1. The molecule has 3 heterocycles. The summed E-state index contributed by atoms with van der Waals surface area (Å²) in [6, 6.07) is 7.13. The number of para-hydroxylation sites is 1. The molecule has 0 radical (unpaired) electrons. The summed E-state index contributed by atoms with van der Waals surface area (Å²) in [5.41, 5.74) is 0.346. The third kappa shape index (κ3) is 1.31. The Morgan fingerprint density at radius 3 is 2.64 bits per heavy atom. The van der Waals surface area contributed by atoms with E-state index in [0.717, 1.165) is 5.56 Å². The number of hydrogen-bond acceptors (Lipinski definition) is 4. The maximum atomic E-state index is 12.8. The molecule has 22 heavy (non-hydrogen) atoms. The first-order valence-electron chi connectivity index (χ1n) is 7.56. The molecule has 2 N–H and O–H groups in total. The van der Waals surface area contributed by atoms with E-state index in [4.69, 9.17) is 0 Å². The van der Waals surface area contributed by atoms with Gasteiger partial charge in [0.25, 0.3) is 0 Å². The predicted molar refractivity (Wildman–Crippen MR) is 78.7 cm³/mol. The third-order valence-corrected chi connectivity index (χ3v) is 5.18. The quantitative estimate of drug-likeness (QED) is 0.738. The lowest BCUT2D eigenvalue weighted by Gasteiger charge is -2.28. The van der Waals surface area contributed by atoms with Gasteiger partial charge in [0.2, 0.25) is 17.7 Å². The molecule has 1 aromatic rings. The summed E-state index contributed by atoms with van der Waals surface area (Å²) >= 11 is 0. The monoisotopic (exact) mass is 299 g/mol. The highest BCUT2D eigenvalue weighted by molar-refractivity contribution is 6.15. The predicted octanol–water partition coefficient (Wildman–Crippen LogP) is 0.447. The summed E-state index contributed by atoms with van der Waals surface area (Å²) in [7, 11) is 0. The normalized spacial score (nSPS) is 36.0. The van der Waals surface area contributed by atoms with Crippen LogP contribution >= 0.6 is 0 Å². The number of imide groups is 1. The second-order valence-electron chi connectivity index (χ2n) is 6.16. The van der Waals surface area contributed by atoms with Gasteiger partial charge in [-0.05, 0) is 19.9 Å². The number of nitrogens with one attached hydrogen (secondary N) is 2. The average Bonchev–Trinajstić information content (AvgIpc) is 3.05. The molecular weight excluding hydrogens is 282 g/mol. The van der Waals surface area contributed by atoms with Crippen molar-refractivity contribution in [2.75, 3.05) is 11.9 Å². The van der Waals surface area contributed by atoms with Gasteiger partial charge in [0.05, 0.1) is 11.8 Å². The first-order chi connectivity index (χ1) is 10.5. The zero-order valence-corrected chi connectivity index (χ0v) is 12.4. The van der Waals surface area contributed by atoms with Crippen molar-refractivity contribution in [1.82, 2.24) is 10.2 Å². The SMILES string of the molecule is CCN1C(=O)[C@@H]2[C@H](C)N[C@]3(C(=O)Nc4ccccc43)[C@H]2C1=O. The number of nitrogens with zero attached hydrogens (tertiary/aromatic N) is 1. The number of carbonyl (C=O) groups excluding carboxylic acids is 3. The summed E-state index contributed by atoms with van der Waals surface area (Å²) in [5, 5.41) is 6.11. The van der Waals surface area contributed by atoms with E-state index in [1.165, 1.54) is 4.90 Å². The molecule has 0 aromatic heterocycles. The molecule has 3 amide bonds. The number of rotatable bonds is 1. The fourth-order valence-corrected chi connectivity index (χ4v) is 4.29. The minimum atomic E-state index is -1.13. The second kappa shape index (κ2) is 4.16. The van der Waals surface area contributed by atoms with Crippen LogP contribution in [0.15, 0.2) is 24.3 Å². The highest BCUT2D eigenvalue weighted by Crippen LogP contribution is 2.52. The molecule has 1 aromatic carbocycles. The van der Waals surface area contributed by atoms with Crippen LogP contribution in [-0.4, -0.2) is 35.2 Å². The van der Waals surface area contributed by atoms with Crippen LogP contribution < -0.4 is 10.6 Å². The largest absolute Gasteiger partial charge is 0.324 e. The lowest BCUT2D eigenvalue weighted by molar-refractivity contribution is -0.142. The van der Waals surface area contributed by atoms with E-state index in [0.29, 0.717) is 12.2 Å². The number of amides is 3. The highest BCUT2D eigenvalue weighted by Gasteiger charge is 2.69. The van der Waals surface area contributed by atoms with E-state index in [9.17, 15) is 14.4 Å². The van der Waals surface area contributed by atoms with Crippen molar-refractivity contribution < 1.29 is 14.4 Å². The molecule has 114 valence electrons. The summed E-state index contributed by atoms with van der Waals surface area (Å²) < 4.78 is 0. The summed E-state index contributed by atoms with van der Waals surface area (Å²) in [5.74, 6) is -1.82. The molecule has 2 fully saturated rings. The number of hydrogen-bond donors (Lipinski definition) is 2. The van der Waals surface area contributed by atoms with E-state index in [-0.39, 0.29) is 23.8 Å². The van der Waals surface area contributed by atoms with Gasteiger partial charge in [0.1, 0.15) is 5.54 Å². The Balaban J connectivity index is 1.92. The zero-order chi connectivity index (χ0) is 15.6. The smallest absolute Gasteiger partial charge is 0.250 e. The van der Waals surface area contributed by atoms with Gasteiger partial charge in [-0.1, -0.05) is 18.2 Å². The van der Waals surface area contributed by atoms with Crippen LogP contribution in [0, 0.1) is 11.8 Å². The number of benzene rings is 1. The zero-order valence-electron chi connectivity index (χ0n) is 12.4. The molecule has 6 heteroatoms. The van der Waals surface area contributed by atoms with Crippen LogP contribution in [0.2, 0.25) is 0 Å². The highest BCUT2D eigenvalue weighted by atomic mass is 16.2. The molecule has 3 aliphatic rings. The Labute approximate surface area is 127 Å². The Hall–Kier alpha value is -2.21. The van der Waals surface area contributed by atoms with Crippen molar-refractivity contribution in [3.63, 3.8) is 0 Å². The van der Waals surface area contributed by atoms with Gasteiger partial charge in [-0.3, -0.25) is 24.6 Å². The van der Waals surface area contributed by atoms with Crippen LogP contribution in [0.4, 0.5) is 5.69 Å². The van der Waals surface area contributed by atoms with Crippen LogP contribution in [0.1, 0.15) is 19.4 Å². The third-order valence-electron chi connectivity index (χ3n) is 5.18. The van der Waals surface area contributed by atoms with Gasteiger partial charge >= 0.3 is 0 Å². The first-order valence-corrected chi connectivity index (χ1v) is 7.56. The van der Waals surface area contributed by atoms with Crippen molar-refractivity contribution in [1.29, 1.82) is 0 Å². The Bertz CT molecular complexity index is 716. The van der Waals surface area contributed by atoms with E-state index >= 15 is 0 Å². The van der Waals surface area contributed by atoms with Gasteiger partial charge in [-0.15, -0.1) is 0 Å². The summed E-state index contributed by atoms with van der Waals surface area (Å²) in [6.45, 7) is 3.99. The van der Waals surface area contributed by atoms with Gasteiger partial charge in [-0.25, -0.2) is 0 Å². The van der Waals surface area contributed by atoms with Crippen molar-refractivity contribution >= 4 is 23.4 Å². The van der Waals surface area contributed by atoms with Crippen LogP contribution in [0.5, 0.6) is 0 Å². The fraction of sp³-hybridized carbons (Fsp3) is 0.438. The second-order valence-corrected chi connectivity index (χ2v) is 6.16. The molecule has 0 bridgehead atoms. The molecule has 0 saturated carbocycles. The number of carbonyl (C=O) groups is 3. The van der Waals surface area contributed by atoms with E-state index in [1.807, 2.05) is 31.2 Å². The van der Waals surface area contributed by atoms with Gasteiger partial charge in [0, 0.05) is 23.8 Å². The van der Waals surface area contributed by atoms with Crippen molar-refractivity contribution in [2.24, 2.45) is 11.8 Å². The summed E-state index contributed by atoms with van der Waals surface area (Å²) in [4.78, 5) is 39.3. The molecular formula is C16H17N3O3. The van der Waals surface area contributed by atoms with E-state index < -0.39 is 17.4 Å². The van der Waals surface area contributed by atoms with E-state index in [2.05, 4.69) is 10.6 Å². The molecule has 0 unspecified atom stereocenters. The molecule has 4 atom stereocenters. The first kappa shape index (κ1) is 13.5. The van der Waals surface area contributed by atoms with E-state index in [1.54, 1.807) is 6.92 Å². The lowest BCUT2D eigenvalue weighted by atomic mass is 9.76.